The van der Waals surface area contributed by atoms with E-state index < -0.39 is 0 Å². The lowest BCUT2D eigenvalue weighted by molar-refractivity contribution is 0.626. The van der Waals surface area contributed by atoms with Crippen LogP contribution in [0.2, 0.25) is 0 Å². The molecule has 2 rings (SSSR count). The van der Waals surface area contributed by atoms with E-state index in [1.54, 1.807) is 40.2 Å². The van der Waals surface area contributed by atoms with Gasteiger partial charge >= 0.3 is 5.69 Å². The lowest BCUT2D eigenvalue weighted by atomic mass is 10.4. The maximum atomic E-state index is 12.7. The molecule has 0 aliphatic carbocycles. The molecule has 102 valence electrons. The lowest BCUT2D eigenvalue weighted by Crippen LogP contribution is -2.16. The second kappa shape index (κ2) is 6.81. The quantitative estimate of drug-likeness (QED) is 0.658. The third kappa shape index (κ3) is 3.87. The van der Waals surface area contributed by atoms with Crippen LogP contribution in [-0.2, 0) is 6.54 Å². The van der Waals surface area contributed by atoms with Crippen LogP contribution < -0.4 is 5.69 Å². The van der Waals surface area contributed by atoms with Crippen LogP contribution in [0.3, 0.4) is 0 Å². The Hall–Kier alpha value is -1.21. The summed E-state index contributed by atoms with van der Waals surface area (Å²) < 4.78 is 14.3. The third-order valence-corrected chi connectivity index (χ3v) is 4.69. The van der Waals surface area contributed by atoms with Crippen LogP contribution in [-0.4, -0.2) is 26.3 Å². The number of benzene rings is 1. The first-order chi connectivity index (χ1) is 9.20. The van der Waals surface area contributed by atoms with Gasteiger partial charge in [-0.05, 0) is 31.2 Å². The minimum atomic E-state index is -0.220. The zero-order valence-electron chi connectivity index (χ0n) is 10.4. The maximum Gasteiger partial charge on any atom is 0.343 e. The van der Waals surface area contributed by atoms with Crippen LogP contribution in [0.4, 0.5) is 4.39 Å². The molecule has 0 aliphatic heterocycles. The fourth-order valence-corrected chi connectivity index (χ4v) is 3.41. The third-order valence-electron chi connectivity index (χ3n) is 2.44. The van der Waals surface area contributed by atoms with Crippen LogP contribution in [0.15, 0.2) is 39.1 Å². The molecule has 0 fully saturated rings. The summed E-state index contributed by atoms with van der Waals surface area (Å²) in [4.78, 5) is 12.4. The summed E-state index contributed by atoms with van der Waals surface area (Å²) in [6.07, 6.45) is 0. The minimum Gasteiger partial charge on any atom is -0.270 e. The summed E-state index contributed by atoms with van der Waals surface area (Å²) in [5.74, 6) is 1.50. The Kier molecular flexibility index (Phi) is 5.09. The lowest BCUT2D eigenvalue weighted by Gasteiger charge is -2.02. The number of thioether (sulfide) groups is 2. The van der Waals surface area contributed by atoms with Crippen molar-refractivity contribution in [3.63, 3.8) is 0 Å². The van der Waals surface area contributed by atoms with Crippen molar-refractivity contribution >= 4 is 23.5 Å². The van der Waals surface area contributed by atoms with E-state index in [0.29, 0.717) is 11.7 Å². The molecular weight excluding hydrogens is 285 g/mol. The predicted octanol–water partition coefficient (Wildman–Crippen LogP) is 2.61. The molecule has 2 aromatic rings. The summed E-state index contributed by atoms with van der Waals surface area (Å²) in [6.45, 7) is 2.52. The summed E-state index contributed by atoms with van der Waals surface area (Å²) in [6, 6.07) is 6.44. The second-order valence-corrected chi connectivity index (χ2v) is 5.94. The highest BCUT2D eigenvalue weighted by Crippen LogP contribution is 2.21. The highest BCUT2D eigenvalue weighted by molar-refractivity contribution is 8.02. The van der Waals surface area contributed by atoms with Crippen LogP contribution in [0.5, 0.6) is 0 Å². The highest BCUT2D eigenvalue weighted by Gasteiger charge is 2.06. The molecule has 4 nitrogen and oxygen atoms in total. The number of rotatable bonds is 6. The summed E-state index contributed by atoms with van der Waals surface area (Å²) in [7, 11) is 0. The Morgan fingerprint density at radius 2 is 1.95 bits per heavy atom. The van der Waals surface area contributed by atoms with E-state index in [2.05, 4.69) is 10.2 Å². The van der Waals surface area contributed by atoms with Crippen molar-refractivity contribution in [1.29, 1.82) is 0 Å². The van der Waals surface area contributed by atoms with Gasteiger partial charge in [-0.1, -0.05) is 11.8 Å². The Balaban J connectivity index is 1.80. The van der Waals surface area contributed by atoms with Gasteiger partial charge < -0.3 is 0 Å². The van der Waals surface area contributed by atoms with Crippen molar-refractivity contribution in [3.8, 4) is 0 Å². The Labute approximate surface area is 118 Å². The van der Waals surface area contributed by atoms with E-state index in [1.165, 1.54) is 12.1 Å². The minimum absolute atomic E-state index is 0.170. The van der Waals surface area contributed by atoms with Crippen molar-refractivity contribution in [2.24, 2.45) is 0 Å². The van der Waals surface area contributed by atoms with E-state index >= 15 is 0 Å². The van der Waals surface area contributed by atoms with Gasteiger partial charge in [0.25, 0.3) is 0 Å². The fraction of sp³-hybridized carbons (Fsp3) is 0.333. The summed E-state index contributed by atoms with van der Waals surface area (Å²) in [5.41, 5.74) is -0.170. The summed E-state index contributed by atoms with van der Waals surface area (Å²) >= 11 is 3.20. The zero-order chi connectivity index (χ0) is 13.7. The highest BCUT2D eigenvalue weighted by atomic mass is 32.2. The van der Waals surface area contributed by atoms with Crippen molar-refractivity contribution in [2.45, 2.75) is 23.5 Å². The van der Waals surface area contributed by atoms with Crippen molar-refractivity contribution in [1.82, 2.24) is 14.8 Å². The molecule has 0 amide bonds. The number of hydrogen-bond acceptors (Lipinski definition) is 4. The SMILES string of the molecule is CCn1c(SCCSc2ccc(F)cc2)n[nH]c1=O. The molecule has 0 unspecified atom stereocenters. The van der Waals surface area contributed by atoms with Gasteiger partial charge in [-0.2, -0.15) is 0 Å². The van der Waals surface area contributed by atoms with Crippen LogP contribution in [0.1, 0.15) is 6.92 Å². The number of aromatic amines is 1. The Morgan fingerprint density at radius 3 is 2.63 bits per heavy atom. The van der Waals surface area contributed by atoms with Gasteiger partial charge in [-0.3, -0.25) is 4.57 Å². The van der Waals surface area contributed by atoms with Gasteiger partial charge in [0.05, 0.1) is 0 Å². The molecule has 1 N–H and O–H groups in total. The molecule has 0 spiro atoms. The Morgan fingerprint density at radius 1 is 1.26 bits per heavy atom. The van der Waals surface area contributed by atoms with E-state index in [-0.39, 0.29) is 11.5 Å². The first-order valence-electron chi connectivity index (χ1n) is 5.87. The molecule has 0 bridgehead atoms. The molecule has 1 aromatic carbocycles. The fourth-order valence-electron chi connectivity index (χ4n) is 1.52. The van der Waals surface area contributed by atoms with Crippen LogP contribution in [0.25, 0.3) is 0 Å². The number of halogens is 1. The van der Waals surface area contributed by atoms with Gasteiger partial charge in [0.15, 0.2) is 5.16 Å². The normalized spacial score (nSPS) is 10.8. The van der Waals surface area contributed by atoms with Gasteiger partial charge in [0, 0.05) is 22.9 Å². The van der Waals surface area contributed by atoms with Crippen molar-refractivity contribution < 1.29 is 4.39 Å². The van der Waals surface area contributed by atoms with Gasteiger partial charge in [0.2, 0.25) is 0 Å². The predicted molar refractivity (Wildman–Crippen MR) is 76.4 cm³/mol. The standard InChI is InChI=1S/C12H14FN3OS2/c1-2-16-11(17)14-15-12(16)19-8-7-18-10-5-3-9(13)4-6-10/h3-6H,2,7-8H2,1H3,(H,14,17). The molecule has 0 aliphatic rings. The average molecular weight is 299 g/mol. The number of H-pyrrole nitrogens is 1. The van der Waals surface area contributed by atoms with Crippen LogP contribution in [0, 0.1) is 5.82 Å². The van der Waals surface area contributed by atoms with E-state index in [9.17, 15) is 9.18 Å². The first kappa shape index (κ1) is 14.2. The van der Waals surface area contributed by atoms with Gasteiger partial charge in [0.1, 0.15) is 5.82 Å². The zero-order valence-corrected chi connectivity index (χ0v) is 12.1. The summed E-state index contributed by atoms with van der Waals surface area (Å²) in [5, 5.41) is 7.13. The van der Waals surface area contributed by atoms with Gasteiger partial charge in [-0.15, -0.1) is 16.9 Å². The van der Waals surface area contributed by atoms with Crippen LogP contribution >= 0.6 is 23.5 Å². The van der Waals surface area contributed by atoms with E-state index in [1.807, 2.05) is 6.92 Å². The number of nitrogens with zero attached hydrogens (tertiary/aromatic N) is 2. The second-order valence-electron chi connectivity index (χ2n) is 3.71. The number of hydrogen-bond donors (Lipinski definition) is 1. The maximum absolute atomic E-state index is 12.7. The Bertz CT molecular complexity index is 579. The van der Waals surface area contributed by atoms with Crippen molar-refractivity contribution in [2.75, 3.05) is 11.5 Å². The molecule has 0 saturated heterocycles. The largest absolute Gasteiger partial charge is 0.343 e. The monoisotopic (exact) mass is 299 g/mol. The van der Waals surface area contributed by atoms with Gasteiger partial charge in [-0.25, -0.2) is 14.3 Å². The smallest absolute Gasteiger partial charge is 0.270 e. The number of aromatic nitrogens is 3. The average Bonchev–Trinajstić information content (AvgIpc) is 2.77. The molecule has 7 heteroatoms. The molecule has 1 aromatic heterocycles. The topological polar surface area (TPSA) is 50.7 Å². The van der Waals surface area contributed by atoms with E-state index in [4.69, 9.17) is 0 Å². The van der Waals surface area contributed by atoms with E-state index in [0.717, 1.165) is 16.4 Å². The molecule has 1 heterocycles. The molecular formula is C12H14FN3OS2. The molecule has 0 atom stereocenters. The molecule has 0 saturated carbocycles. The molecule has 0 radical (unpaired) electrons. The first-order valence-corrected chi connectivity index (χ1v) is 7.84. The van der Waals surface area contributed by atoms with Crippen molar-refractivity contribution in [3.05, 3.63) is 40.6 Å². The number of nitrogens with one attached hydrogen (secondary N) is 1. The molecule has 19 heavy (non-hydrogen) atoms.